The van der Waals surface area contributed by atoms with Gasteiger partial charge in [-0.3, -0.25) is 0 Å². The fourth-order valence-electron chi connectivity index (χ4n) is 0.864. The van der Waals surface area contributed by atoms with E-state index >= 15 is 0 Å². The minimum atomic E-state index is -1.91. The number of alkyl halides is 1. The normalized spacial score (nSPS) is 19.0. The van der Waals surface area contributed by atoms with Gasteiger partial charge in [0.05, 0.1) is 0 Å². The van der Waals surface area contributed by atoms with Crippen LogP contribution in [-0.2, 0) is 0 Å². The van der Waals surface area contributed by atoms with Gasteiger partial charge >= 0.3 is 0 Å². The van der Waals surface area contributed by atoms with E-state index in [1.54, 1.807) is 0 Å². The van der Waals surface area contributed by atoms with Gasteiger partial charge < -0.3 is 0 Å². The van der Waals surface area contributed by atoms with Gasteiger partial charge in [0, 0.05) is 10.8 Å². The van der Waals surface area contributed by atoms with Crippen molar-refractivity contribution < 1.29 is 5.48 Å². The molecule has 62 valence electrons. The second-order valence-electron chi connectivity index (χ2n) is 2.44. The molecule has 0 saturated heterocycles. The molecule has 0 fully saturated rings. The van der Waals surface area contributed by atoms with Gasteiger partial charge in [0.2, 0.25) is 0 Å². The van der Waals surface area contributed by atoms with Gasteiger partial charge in [0.1, 0.15) is 0 Å². The Morgan fingerprint density at radius 2 is 1.70 bits per heavy atom. The lowest BCUT2D eigenvalue weighted by Gasteiger charge is -1.97. The molecular formula is C9H19Br. The molecule has 0 nitrogen and oxygen atoms in total. The third-order valence-corrected chi connectivity index (χ3v) is 1.75. The lowest BCUT2D eigenvalue weighted by atomic mass is 10.1. The first-order chi connectivity index (χ1) is 6.31. The second kappa shape index (κ2) is 9.48. The van der Waals surface area contributed by atoms with Crippen molar-refractivity contribution in [1.29, 1.82) is 0 Å². The van der Waals surface area contributed by atoms with Crippen LogP contribution in [0.1, 0.15) is 57.3 Å². The standard InChI is InChI=1S/C9H19Br/c1-2-3-4-5-6-7-8-9-10/h2-9H2,1H3/i8D2,9D2. The molecule has 0 bridgehead atoms. The summed E-state index contributed by atoms with van der Waals surface area (Å²) in [7, 11) is 0. The summed E-state index contributed by atoms with van der Waals surface area (Å²) in [6, 6.07) is 0. The van der Waals surface area contributed by atoms with Crippen LogP contribution in [0, 0.1) is 0 Å². The Hall–Kier alpha value is 0.480. The van der Waals surface area contributed by atoms with Crippen LogP contribution in [0.3, 0.4) is 0 Å². The Balaban J connectivity index is 3.67. The van der Waals surface area contributed by atoms with Crippen LogP contribution in [0.4, 0.5) is 0 Å². The Morgan fingerprint density at radius 3 is 2.30 bits per heavy atom. The summed E-state index contributed by atoms with van der Waals surface area (Å²) in [6.45, 7) is 2.14. The zero-order valence-electron chi connectivity index (χ0n) is 10.6. The van der Waals surface area contributed by atoms with E-state index < -0.39 is 11.7 Å². The monoisotopic (exact) mass is 210 g/mol. The van der Waals surface area contributed by atoms with Crippen molar-refractivity contribution in [2.45, 2.75) is 51.8 Å². The molecule has 0 aliphatic rings. The van der Waals surface area contributed by atoms with Crippen LogP contribution in [0.2, 0.25) is 0 Å². The largest absolute Gasteiger partial charge is 0.0928 e. The first-order valence-corrected chi connectivity index (χ1v) is 4.79. The van der Waals surface area contributed by atoms with Crippen molar-refractivity contribution >= 4 is 15.9 Å². The molecule has 0 amide bonds. The number of unbranched alkanes of at least 4 members (excludes halogenated alkanes) is 4. The van der Waals surface area contributed by atoms with Crippen molar-refractivity contribution in [1.82, 2.24) is 0 Å². The molecule has 0 rings (SSSR count). The number of hydrogen-bond acceptors (Lipinski definition) is 0. The molecule has 0 atom stereocenters. The molecule has 0 saturated carbocycles. The Bertz CT molecular complexity index is 153. The Kier molecular flexibility index (Phi) is 4.91. The maximum atomic E-state index is 7.50. The molecule has 10 heavy (non-hydrogen) atoms. The van der Waals surface area contributed by atoms with E-state index in [2.05, 4.69) is 22.9 Å². The van der Waals surface area contributed by atoms with Crippen molar-refractivity contribution in [3.8, 4) is 0 Å². The molecule has 0 aromatic carbocycles. The molecule has 0 aliphatic carbocycles. The van der Waals surface area contributed by atoms with Crippen LogP contribution < -0.4 is 0 Å². The molecule has 0 spiro atoms. The summed E-state index contributed by atoms with van der Waals surface area (Å²) in [5, 5.41) is -1.91. The van der Waals surface area contributed by atoms with Gasteiger partial charge in [-0.2, -0.15) is 0 Å². The zero-order chi connectivity index (χ0) is 11.2. The summed E-state index contributed by atoms with van der Waals surface area (Å²) >= 11 is 2.74. The summed E-state index contributed by atoms with van der Waals surface area (Å²) in [5.41, 5.74) is 0. The van der Waals surface area contributed by atoms with Gasteiger partial charge in [-0.15, -0.1) is 0 Å². The third kappa shape index (κ3) is 8.48. The average Bonchev–Trinajstić information content (AvgIpc) is 2.02. The van der Waals surface area contributed by atoms with E-state index in [1.165, 1.54) is 12.8 Å². The number of hydrogen-bond donors (Lipinski definition) is 0. The summed E-state index contributed by atoms with van der Waals surface area (Å²) < 4.78 is 29.5. The van der Waals surface area contributed by atoms with E-state index in [0.29, 0.717) is 0 Å². The summed E-state index contributed by atoms with van der Waals surface area (Å²) in [6.07, 6.45) is 3.76. The minimum Gasteiger partial charge on any atom is -0.0928 e. The first-order valence-electron chi connectivity index (χ1n) is 6.00. The summed E-state index contributed by atoms with van der Waals surface area (Å²) in [5.74, 6) is 0. The van der Waals surface area contributed by atoms with Gasteiger partial charge in [-0.25, -0.2) is 0 Å². The fourth-order valence-corrected chi connectivity index (χ4v) is 1.06. The zero-order valence-corrected chi connectivity index (χ0v) is 8.21. The molecule has 0 N–H and O–H groups in total. The second-order valence-corrected chi connectivity index (χ2v) is 2.83. The summed E-state index contributed by atoms with van der Waals surface area (Å²) in [4.78, 5) is 0. The van der Waals surface area contributed by atoms with Crippen LogP contribution in [-0.4, -0.2) is 5.28 Å². The lowest BCUT2D eigenvalue weighted by Crippen LogP contribution is -1.79. The molecule has 0 aliphatic heterocycles. The predicted octanol–water partition coefficient (Wildman–Crippen LogP) is 4.13. The minimum absolute atomic E-state index is 0.287. The SMILES string of the molecule is [2H]C([2H])(Br)C([2H])([2H])CCCCCCC. The highest BCUT2D eigenvalue weighted by Gasteiger charge is 1.88. The van der Waals surface area contributed by atoms with Gasteiger partial charge in [-0.1, -0.05) is 61.4 Å². The first kappa shape index (κ1) is 5.18. The predicted molar refractivity (Wildman–Crippen MR) is 51.8 cm³/mol. The molecule has 0 aromatic heterocycles. The van der Waals surface area contributed by atoms with Crippen molar-refractivity contribution in [3.63, 3.8) is 0 Å². The van der Waals surface area contributed by atoms with E-state index in [-0.39, 0.29) is 6.42 Å². The third-order valence-electron chi connectivity index (χ3n) is 1.47. The fraction of sp³-hybridized carbons (Fsp3) is 1.00. The quantitative estimate of drug-likeness (QED) is 0.438. The molecular weight excluding hydrogens is 188 g/mol. The maximum absolute atomic E-state index is 7.50. The van der Waals surface area contributed by atoms with Gasteiger partial charge in [-0.05, 0) is 6.37 Å². The topological polar surface area (TPSA) is 0 Å². The smallest absolute Gasteiger partial charge is 0.0387 e. The van der Waals surface area contributed by atoms with Crippen molar-refractivity contribution in [3.05, 3.63) is 0 Å². The number of halogens is 1. The van der Waals surface area contributed by atoms with E-state index in [4.69, 9.17) is 5.48 Å². The molecule has 1 heteroatoms. The lowest BCUT2D eigenvalue weighted by molar-refractivity contribution is 0.604. The van der Waals surface area contributed by atoms with Gasteiger partial charge in [0.15, 0.2) is 0 Å². The van der Waals surface area contributed by atoms with Crippen LogP contribution >= 0.6 is 15.9 Å². The van der Waals surface area contributed by atoms with E-state index in [0.717, 1.165) is 19.3 Å². The maximum Gasteiger partial charge on any atom is 0.0387 e. The van der Waals surface area contributed by atoms with Crippen LogP contribution in [0.25, 0.3) is 0 Å². The van der Waals surface area contributed by atoms with Crippen LogP contribution in [0.15, 0.2) is 0 Å². The van der Waals surface area contributed by atoms with Crippen molar-refractivity contribution in [2.24, 2.45) is 0 Å². The molecule has 0 unspecified atom stereocenters. The average molecular weight is 211 g/mol. The van der Waals surface area contributed by atoms with Gasteiger partial charge in [0.25, 0.3) is 0 Å². The molecule has 0 aromatic rings. The highest BCUT2D eigenvalue weighted by molar-refractivity contribution is 9.09. The van der Waals surface area contributed by atoms with E-state index in [1.807, 2.05) is 0 Å². The van der Waals surface area contributed by atoms with Crippen molar-refractivity contribution in [2.75, 3.05) is 5.28 Å². The van der Waals surface area contributed by atoms with Crippen LogP contribution in [0.5, 0.6) is 0 Å². The highest BCUT2D eigenvalue weighted by atomic mass is 79.9. The molecule has 0 heterocycles. The highest BCUT2D eigenvalue weighted by Crippen LogP contribution is 2.07. The Morgan fingerprint density at radius 1 is 1.10 bits per heavy atom. The number of rotatable bonds is 7. The molecule has 0 radical (unpaired) electrons. The Labute approximate surface area is 79.1 Å². The van der Waals surface area contributed by atoms with E-state index in [9.17, 15) is 0 Å².